The lowest BCUT2D eigenvalue weighted by Crippen LogP contribution is -2.38. The van der Waals surface area contributed by atoms with Gasteiger partial charge in [0.2, 0.25) is 0 Å². The van der Waals surface area contributed by atoms with E-state index in [1.54, 1.807) is 0 Å². The minimum atomic E-state index is -1.44. The SMILES string of the molecule is CN=C(NCCCOCC1CCOC1)NCc1c(F)c(F)cc(F)c1F. The summed E-state index contributed by atoms with van der Waals surface area (Å²) in [6.07, 6.45) is 1.72. The van der Waals surface area contributed by atoms with Crippen LogP contribution in [-0.2, 0) is 16.0 Å². The fraction of sp³-hybridized carbons (Fsp3) is 0.588. The van der Waals surface area contributed by atoms with E-state index in [2.05, 4.69) is 15.6 Å². The molecule has 1 aliphatic rings. The Morgan fingerprint density at radius 3 is 2.58 bits per heavy atom. The molecule has 2 N–H and O–H groups in total. The number of halogens is 4. The van der Waals surface area contributed by atoms with Crippen molar-refractivity contribution in [3.05, 3.63) is 34.9 Å². The van der Waals surface area contributed by atoms with Crippen LogP contribution in [0.4, 0.5) is 17.6 Å². The van der Waals surface area contributed by atoms with E-state index < -0.39 is 35.4 Å². The van der Waals surface area contributed by atoms with Crippen LogP contribution in [0.5, 0.6) is 0 Å². The minimum Gasteiger partial charge on any atom is -0.381 e. The normalized spacial score (nSPS) is 17.6. The van der Waals surface area contributed by atoms with Crippen molar-refractivity contribution in [3.63, 3.8) is 0 Å². The van der Waals surface area contributed by atoms with Crippen LogP contribution >= 0.6 is 0 Å². The molecule has 1 aromatic carbocycles. The summed E-state index contributed by atoms with van der Waals surface area (Å²) in [4.78, 5) is 3.89. The van der Waals surface area contributed by atoms with Crippen molar-refractivity contribution in [2.75, 3.05) is 40.0 Å². The zero-order chi connectivity index (χ0) is 18.9. The molecule has 0 radical (unpaired) electrons. The van der Waals surface area contributed by atoms with Gasteiger partial charge < -0.3 is 20.1 Å². The Bertz CT molecular complexity index is 596. The van der Waals surface area contributed by atoms with E-state index in [4.69, 9.17) is 9.47 Å². The summed E-state index contributed by atoms with van der Waals surface area (Å²) in [5, 5.41) is 5.56. The smallest absolute Gasteiger partial charge is 0.191 e. The first-order valence-corrected chi connectivity index (χ1v) is 8.44. The number of nitrogens with one attached hydrogen (secondary N) is 2. The highest BCUT2D eigenvalue weighted by Gasteiger charge is 2.19. The fourth-order valence-electron chi connectivity index (χ4n) is 2.52. The lowest BCUT2D eigenvalue weighted by molar-refractivity contribution is 0.0888. The highest BCUT2D eigenvalue weighted by molar-refractivity contribution is 5.79. The van der Waals surface area contributed by atoms with Crippen LogP contribution in [0, 0.1) is 29.2 Å². The minimum absolute atomic E-state index is 0.180. The number of hydrogen-bond acceptors (Lipinski definition) is 3. The third-order valence-corrected chi connectivity index (χ3v) is 3.99. The second-order valence-corrected chi connectivity index (χ2v) is 5.96. The van der Waals surface area contributed by atoms with Crippen LogP contribution in [-0.4, -0.2) is 46.0 Å². The van der Waals surface area contributed by atoms with Crippen molar-refractivity contribution in [2.24, 2.45) is 10.9 Å². The maximum Gasteiger partial charge on any atom is 0.191 e. The fourth-order valence-corrected chi connectivity index (χ4v) is 2.52. The Morgan fingerprint density at radius 1 is 1.23 bits per heavy atom. The first kappa shape index (κ1) is 20.4. The molecule has 0 amide bonds. The first-order valence-electron chi connectivity index (χ1n) is 8.44. The topological polar surface area (TPSA) is 54.9 Å². The van der Waals surface area contributed by atoms with E-state index in [0.29, 0.717) is 32.1 Å². The summed E-state index contributed by atoms with van der Waals surface area (Å²) in [6, 6.07) is 0.180. The van der Waals surface area contributed by atoms with Gasteiger partial charge in [-0.3, -0.25) is 4.99 Å². The second-order valence-electron chi connectivity index (χ2n) is 5.96. The predicted molar refractivity (Wildman–Crippen MR) is 88.8 cm³/mol. The lowest BCUT2D eigenvalue weighted by atomic mass is 10.1. The van der Waals surface area contributed by atoms with Gasteiger partial charge in [0.05, 0.1) is 13.2 Å². The molecular weight excluding hydrogens is 354 g/mol. The maximum atomic E-state index is 13.6. The van der Waals surface area contributed by atoms with Crippen LogP contribution in [0.1, 0.15) is 18.4 Å². The second kappa shape index (κ2) is 10.3. The van der Waals surface area contributed by atoms with Gasteiger partial charge in [0, 0.05) is 50.9 Å². The van der Waals surface area contributed by atoms with E-state index in [9.17, 15) is 17.6 Å². The molecule has 26 heavy (non-hydrogen) atoms. The quantitative estimate of drug-likeness (QED) is 0.240. The number of guanidine groups is 1. The summed E-state index contributed by atoms with van der Waals surface area (Å²) in [6.45, 7) is 2.82. The third kappa shape index (κ3) is 5.84. The Kier molecular flexibility index (Phi) is 8.11. The van der Waals surface area contributed by atoms with Crippen LogP contribution in [0.25, 0.3) is 0 Å². The zero-order valence-corrected chi connectivity index (χ0v) is 14.6. The van der Waals surface area contributed by atoms with Gasteiger partial charge in [0.25, 0.3) is 0 Å². The van der Waals surface area contributed by atoms with Crippen molar-refractivity contribution >= 4 is 5.96 Å². The molecule has 0 aliphatic carbocycles. The van der Waals surface area contributed by atoms with Crippen LogP contribution in [0.15, 0.2) is 11.1 Å². The first-order chi connectivity index (χ1) is 12.5. The Balaban J connectivity index is 1.69. The molecule has 146 valence electrons. The average molecular weight is 377 g/mol. The van der Waals surface area contributed by atoms with E-state index in [-0.39, 0.29) is 12.0 Å². The number of rotatable bonds is 8. The lowest BCUT2D eigenvalue weighted by Gasteiger charge is -2.13. The molecule has 0 saturated carbocycles. The number of ether oxygens (including phenoxy) is 2. The molecule has 1 atom stereocenters. The molecule has 1 aliphatic heterocycles. The highest BCUT2D eigenvalue weighted by Crippen LogP contribution is 2.19. The highest BCUT2D eigenvalue weighted by atomic mass is 19.2. The summed E-state index contributed by atoms with van der Waals surface area (Å²) < 4.78 is 64.4. The van der Waals surface area contributed by atoms with Crippen molar-refractivity contribution in [3.8, 4) is 0 Å². The molecule has 2 rings (SSSR count). The van der Waals surface area contributed by atoms with Gasteiger partial charge >= 0.3 is 0 Å². The van der Waals surface area contributed by atoms with Gasteiger partial charge in [-0.15, -0.1) is 0 Å². The summed E-state index contributed by atoms with van der Waals surface area (Å²) in [5.74, 6) is -5.00. The third-order valence-electron chi connectivity index (χ3n) is 3.99. The van der Waals surface area contributed by atoms with Crippen LogP contribution in [0.2, 0.25) is 0 Å². The number of aliphatic imine (C=N–C) groups is 1. The van der Waals surface area contributed by atoms with Crippen molar-refractivity contribution in [1.29, 1.82) is 0 Å². The van der Waals surface area contributed by atoms with E-state index in [1.165, 1.54) is 7.05 Å². The zero-order valence-electron chi connectivity index (χ0n) is 14.6. The van der Waals surface area contributed by atoms with E-state index in [0.717, 1.165) is 19.6 Å². The van der Waals surface area contributed by atoms with Gasteiger partial charge in [0.1, 0.15) is 0 Å². The van der Waals surface area contributed by atoms with E-state index >= 15 is 0 Å². The van der Waals surface area contributed by atoms with Gasteiger partial charge in [0.15, 0.2) is 29.2 Å². The molecule has 1 fully saturated rings. The Morgan fingerprint density at radius 2 is 1.96 bits per heavy atom. The van der Waals surface area contributed by atoms with Gasteiger partial charge in [-0.1, -0.05) is 0 Å². The van der Waals surface area contributed by atoms with Crippen LogP contribution < -0.4 is 10.6 Å². The monoisotopic (exact) mass is 377 g/mol. The Hall–Kier alpha value is -1.87. The standard InChI is InChI=1S/C17H23F4N3O2/c1-22-17(23-4-2-5-25-9-11-3-6-26-10-11)24-8-12-15(20)13(18)7-14(19)16(12)21/h7,11H,2-6,8-10H2,1H3,(H2,22,23,24). The number of nitrogens with zero attached hydrogens (tertiary/aromatic N) is 1. The molecule has 9 heteroatoms. The summed E-state index contributed by atoms with van der Waals surface area (Å²) >= 11 is 0. The molecular formula is C17H23F4N3O2. The molecule has 1 aromatic rings. The Labute approximate surface area is 149 Å². The molecule has 5 nitrogen and oxygen atoms in total. The molecule has 0 bridgehead atoms. The van der Waals surface area contributed by atoms with Crippen molar-refractivity contribution in [1.82, 2.24) is 10.6 Å². The van der Waals surface area contributed by atoms with Crippen molar-refractivity contribution < 1.29 is 27.0 Å². The molecule has 1 unspecified atom stereocenters. The van der Waals surface area contributed by atoms with Crippen LogP contribution in [0.3, 0.4) is 0 Å². The van der Waals surface area contributed by atoms with Gasteiger partial charge in [-0.05, 0) is 12.8 Å². The predicted octanol–water partition coefficient (Wildman–Crippen LogP) is 2.35. The number of benzene rings is 1. The van der Waals surface area contributed by atoms with E-state index in [1.807, 2.05) is 0 Å². The number of hydrogen-bond donors (Lipinski definition) is 2. The molecule has 0 aromatic heterocycles. The molecule has 0 spiro atoms. The van der Waals surface area contributed by atoms with Crippen molar-refractivity contribution in [2.45, 2.75) is 19.4 Å². The maximum absolute atomic E-state index is 13.6. The summed E-state index contributed by atoms with van der Waals surface area (Å²) in [7, 11) is 1.48. The molecule has 1 heterocycles. The average Bonchev–Trinajstić information content (AvgIpc) is 3.14. The van der Waals surface area contributed by atoms with Gasteiger partial charge in [-0.25, -0.2) is 17.6 Å². The van der Waals surface area contributed by atoms with Gasteiger partial charge in [-0.2, -0.15) is 0 Å². The largest absolute Gasteiger partial charge is 0.381 e. The summed E-state index contributed by atoms with van der Waals surface area (Å²) in [5.41, 5.74) is -0.715. The molecule has 1 saturated heterocycles.